The van der Waals surface area contributed by atoms with Gasteiger partial charge in [-0.1, -0.05) is 18.5 Å². The first-order chi connectivity index (χ1) is 15.3. The largest absolute Gasteiger partial charge is 0.496 e. The van der Waals surface area contributed by atoms with E-state index in [1.54, 1.807) is 6.07 Å². The fourth-order valence-corrected chi connectivity index (χ4v) is 5.97. The molecule has 0 amide bonds. The van der Waals surface area contributed by atoms with Crippen LogP contribution >= 0.6 is 11.6 Å². The molecule has 1 spiro atoms. The van der Waals surface area contributed by atoms with E-state index in [4.69, 9.17) is 36.3 Å². The first-order valence-electron chi connectivity index (χ1n) is 11.0. The number of halogens is 1. The molecule has 1 aromatic rings. The molecule has 3 aliphatic rings. The van der Waals surface area contributed by atoms with E-state index in [-0.39, 0.29) is 39.8 Å². The zero-order chi connectivity index (χ0) is 23.2. The van der Waals surface area contributed by atoms with Crippen LogP contribution in [0.2, 0.25) is 5.02 Å². The van der Waals surface area contributed by atoms with Crippen molar-refractivity contribution in [2.24, 2.45) is 23.5 Å². The van der Waals surface area contributed by atoms with Crippen molar-refractivity contribution in [3.63, 3.8) is 0 Å². The molecule has 9 heteroatoms. The van der Waals surface area contributed by atoms with Crippen molar-refractivity contribution in [2.45, 2.75) is 43.9 Å². The molecule has 1 aliphatic carbocycles. The predicted octanol–water partition coefficient (Wildman–Crippen LogP) is 2.24. The Hall–Kier alpha value is -1.87. The number of carbonyl (C=O) groups is 2. The van der Waals surface area contributed by atoms with Crippen LogP contribution in [0.15, 0.2) is 6.07 Å². The lowest BCUT2D eigenvalue weighted by molar-refractivity contribution is -0.145. The first kappa shape index (κ1) is 23.3. The van der Waals surface area contributed by atoms with Crippen molar-refractivity contribution >= 4 is 23.2 Å². The number of nitrogens with one attached hydrogen (secondary N) is 1. The molecular formula is C23H31ClN2O6. The molecule has 2 aliphatic heterocycles. The minimum absolute atomic E-state index is 0.134. The Kier molecular flexibility index (Phi) is 6.42. The first-order valence-corrected chi connectivity index (χ1v) is 11.4. The van der Waals surface area contributed by atoms with Gasteiger partial charge in [0.15, 0.2) is 11.5 Å². The van der Waals surface area contributed by atoms with Crippen LogP contribution in [0.5, 0.6) is 17.2 Å². The summed E-state index contributed by atoms with van der Waals surface area (Å²) in [6.45, 7) is 3.13. The molecule has 1 saturated carbocycles. The number of ether oxygens (including phenoxy) is 4. The number of Topliss-reactive ketones (excluding diaryl/α,β-unsaturated/α-hetero) is 2. The third kappa shape index (κ3) is 3.31. The average Bonchev–Trinajstić information content (AvgIpc) is 3.11. The maximum atomic E-state index is 14.1. The van der Waals surface area contributed by atoms with Gasteiger partial charge in [0, 0.05) is 37.3 Å². The number of carbonyl (C=O) groups excluding carboxylic acids is 2. The van der Waals surface area contributed by atoms with E-state index in [1.165, 1.54) is 14.2 Å². The van der Waals surface area contributed by atoms with Crippen molar-refractivity contribution in [3.8, 4) is 17.2 Å². The molecule has 176 valence electrons. The fourth-order valence-electron chi connectivity index (χ4n) is 5.71. The Labute approximate surface area is 193 Å². The molecule has 3 unspecified atom stereocenters. The van der Waals surface area contributed by atoms with E-state index in [9.17, 15) is 9.59 Å². The van der Waals surface area contributed by atoms with Crippen LogP contribution in [0.3, 0.4) is 0 Å². The monoisotopic (exact) mass is 466 g/mol. The van der Waals surface area contributed by atoms with Gasteiger partial charge in [-0.15, -0.1) is 0 Å². The van der Waals surface area contributed by atoms with Crippen molar-refractivity contribution < 1.29 is 28.5 Å². The van der Waals surface area contributed by atoms with Gasteiger partial charge < -0.3 is 30.0 Å². The van der Waals surface area contributed by atoms with E-state index in [2.05, 4.69) is 5.32 Å². The van der Waals surface area contributed by atoms with E-state index in [1.807, 2.05) is 14.0 Å². The Bertz CT molecular complexity index is 918. The number of hydrogen-bond acceptors (Lipinski definition) is 8. The van der Waals surface area contributed by atoms with Crippen LogP contribution in [-0.2, 0) is 9.53 Å². The van der Waals surface area contributed by atoms with E-state index >= 15 is 0 Å². The lowest BCUT2D eigenvalue weighted by Gasteiger charge is -2.47. The second kappa shape index (κ2) is 8.82. The number of fused-ring (bicyclic) bond motifs is 1. The van der Waals surface area contributed by atoms with E-state index < -0.39 is 29.3 Å². The van der Waals surface area contributed by atoms with Gasteiger partial charge in [-0.25, -0.2) is 0 Å². The Morgan fingerprint density at radius 1 is 1.22 bits per heavy atom. The molecule has 0 aromatic heterocycles. The number of rotatable bonds is 5. The Balaban J connectivity index is 1.79. The van der Waals surface area contributed by atoms with Crippen LogP contribution < -0.4 is 25.3 Å². The highest BCUT2D eigenvalue weighted by molar-refractivity contribution is 6.36. The van der Waals surface area contributed by atoms with Crippen molar-refractivity contribution in [1.82, 2.24) is 5.32 Å². The van der Waals surface area contributed by atoms with Gasteiger partial charge in [0.05, 0.1) is 20.1 Å². The molecule has 1 aromatic carbocycles. The number of methoxy groups -OCH3 is 2. The summed E-state index contributed by atoms with van der Waals surface area (Å²) < 4.78 is 22.5. The maximum Gasteiger partial charge on any atom is 0.232 e. The second-order valence-electron chi connectivity index (χ2n) is 8.92. The van der Waals surface area contributed by atoms with E-state index in [0.29, 0.717) is 25.4 Å². The topological polar surface area (TPSA) is 109 Å². The lowest BCUT2D eigenvalue weighted by Crippen LogP contribution is -2.67. The number of hydrogen-bond donors (Lipinski definition) is 2. The van der Waals surface area contributed by atoms with Gasteiger partial charge in [0.25, 0.3) is 0 Å². The standard InChI is InChI=1S/C23H31ClN2O6/c1-11-9-13(25)16(19(26-2)12-5-7-31-8-6-12)21(27)23(11)22(28)17-14(29-3)10-15(30-4)18(24)20(17)32-23/h10-13,16,19,26H,5-9,25H2,1-4H3/t11-,13?,16?,19?,23+/m1/s1. The normalized spacial score (nSPS) is 31.4. The molecule has 2 fully saturated rings. The van der Waals surface area contributed by atoms with Crippen LogP contribution in [0.25, 0.3) is 0 Å². The summed E-state index contributed by atoms with van der Waals surface area (Å²) in [7, 11) is 4.75. The molecule has 0 radical (unpaired) electrons. The van der Waals surface area contributed by atoms with Crippen LogP contribution in [-0.4, -0.2) is 63.7 Å². The predicted molar refractivity (Wildman–Crippen MR) is 119 cm³/mol. The zero-order valence-corrected chi connectivity index (χ0v) is 19.7. The third-order valence-electron chi connectivity index (χ3n) is 7.36. The lowest BCUT2D eigenvalue weighted by atomic mass is 9.62. The fraction of sp³-hybridized carbons (Fsp3) is 0.652. The molecule has 0 bridgehead atoms. The van der Waals surface area contributed by atoms with Gasteiger partial charge in [-0.3, -0.25) is 9.59 Å². The molecule has 8 nitrogen and oxygen atoms in total. The minimum atomic E-state index is -1.69. The summed E-state index contributed by atoms with van der Waals surface area (Å²) in [5.41, 5.74) is 5.04. The Morgan fingerprint density at radius 3 is 2.47 bits per heavy atom. The van der Waals surface area contributed by atoms with E-state index in [0.717, 1.165) is 12.8 Å². The highest BCUT2D eigenvalue weighted by Crippen LogP contribution is 2.54. The summed E-state index contributed by atoms with van der Waals surface area (Å²) in [6, 6.07) is 0.967. The summed E-state index contributed by atoms with van der Waals surface area (Å²) in [5.74, 6) is -0.802. The molecule has 1 saturated heterocycles. The number of ketones is 2. The maximum absolute atomic E-state index is 14.1. The molecule has 3 N–H and O–H groups in total. The van der Waals surface area contributed by atoms with Gasteiger partial charge >= 0.3 is 0 Å². The highest BCUT2D eigenvalue weighted by Gasteiger charge is 2.65. The van der Waals surface area contributed by atoms with Crippen LogP contribution in [0.1, 0.15) is 36.5 Å². The summed E-state index contributed by atoms with van der Waals surface area (Å²) >= 11 is 6.50. The third-order valence-corrected chi connectivity index (χ3v) is 7.72. The molecular weight excluding hydrogens is 436 g/mol. The summed E-state index contributed by atoms with van der Waals surface area (Å²) in [6.07, 6.45) is 2.13. The minimum Gasteiger partial charge on any atom is -0.496 e. The average molecular weight is 467 g/mol. The Morgan fingerprint density at radius 2 is 1.88 bits per heavy atom. The van der Waals surface area contributed by atoms with Crippen molar-refractivity contribution in [3.05, 3.63) is 16.7 Å². The zero-order valence-electron chi connectivity index (χ0n) is 18.9. The van der Waals surface area contributed by atoms with Gasteiger partial charge in [-0.05, 0) is 32.2 Å². The SMILES string of the molecule is CNC(C1CCOCC1)C1C(=O)[C@@]2(Oc3c(Cl)c(OC)cc(OC)c3C2=O)[C@H](C)CC1N. The van der Waals surface area contributed by atoms with Crippen molar-refractivity contribution in [1.29, 1.82) is 0 Å². The highest BCUT2D eigenvalue weighted by atomic mass is 35.5. The van der Waals surface area contributed by atoms with Gasteiger partial charge in [0.2, 0.25) is 11.4 Å². The van der Waals surface area contributed by atoms with Crippen LogP contribution in [0.4, 0.5) is 0 Å². The molecule has 32 heavy (non-hydrogen) atoms. The molecule has 4 rings (SSSR count). The molecule has 2 heterocycles. The number of nitrogens with two attached hydrogens (primary N) is 1. The smallest absolute Gasteiger partial charge is 0.232 e. The van der Waals surface area contributed by atoms with Crippen LogP contribution in [0, 0.1) is 17.8 Å². The quantitative estimate of drug-likeness (QED) is 0.636. The summed E-state index contributed by atoms with van der Waals surface area (Å²) in [5, 5.41) is 3.47. The molecule has 5 atom stereocenters. The van der Waals surface area contributed by atoms with Crippen molar-refractivity contribution in [2.75, 3.05) is 34.5 Å². The van der Waals surface area contributed by atoms with Gasteiger partial charge in [-0.2, -0.15) is 0 Å². The van der Waals surface area contributed by atoms with Gasteiger partial charge in [0.1, 0.15) is 22.1 Å². The second-order valence-corrected chi connectivity index (χ2v) is 9.30. The number of benzene rings is 1. The summed E-state index contributed by atoms with van der Waals surface area (Å²) in [4.78, 5) is 28.0.